The van der Waals surface area contributed by atoms with Crippen molar-refractivity contribution in [2.75, 3.05) is 41.4 Å². The van der Waals surface area contributed by atoms with Crippen molar-refractivity contribution in [2.24, 2.45) is 11.1 Å². The Kier molecular flexibility index (Phi) is 6.31. The molecule has 2 aromatic carbocycles. The van der Waals surface area contributed by atoms with E-state index in [1.807, 2.05) is 0 Å². The van der Waals surface area contributed by atoms with Crippen LogP contribution in [-0.4, -0.2) is 53.1 Å². The molecule has 0 spiro atoms. The Morgan fingerprint density at radius 2 is 1.77 bits per heavy atom. The molecular formula is C26H23F2N7O3S. The predicted molar refractivity (Wildman–Crippen MR) is 142 cm³/mol. The number of thiazole rings is 1. The summed E-state index contributed by atoms with van der Waals surface area (Å²) in [7, 11) is 0. The fourth-order valence-electron chi connectivity index (χ4n) is 4.47. The fraction of sp³-hybridized carbons (Fsp3) is 0.269. The number of morpholine rings is 1. The Hall–Kier alpha value is -4.23. The number of carbonyl (C=O) groups is 2. The number of nitrogens with zero attached hydrogens (tertiary/aromatic N) is 5. The van der Waals surface area contributed by atoms with Crippen LogP contribution in [0.4, 0.5) is 36.8 Å². The van der Waals surface area contributed by atoms with Crippen molar-refractivity contribution in [3.63, 3.8) is 0 Å². The minimum atomic E-state index is -1.36. The molecule has 1 saturated carbocycles. The van der Waals surface area contributed by atoms with Gasteiger partial charge in [-0.3, -0.25) is 14.5 Å². The van der Waals surface area contributed by atoms with Crippen molar-refractivity contribution in [1.82, 2.24) is 15.0 Å². The zero-order valence-electron chi connectivity index (χ0n) is 20.6. The van der Waals surface area contributed by atoms with E-state index in [2.05, 4.69) is 25.2 Å². The quantitative estimate of drug-likeness (QED) is 0.332. The number of benzene rings is 2. The van der Waals surface area contributed by atoms with Crippen LogP contribution in [0.5, 0.6) is 0 Å². The van der Waals surface area contributed by atoms with E-state index in [-0.39, 0.29) is 17.1 Å². The molecule has 0 unspecified atom stereocenters. The van der Waals surface area contributed by atoms with Crippen molar-refractivity contribution < 1.29 is 23.1 Å². The lowest BCUT2D eigenvalue weighted by molar-refractivity contribution is -0.133. The van der Waals surface area contributed by atoms with Gasteiger partial charge in [-0.1, -0.05) is 11.3 Å². The molecule has 200 valence electrons. The van der Waals surface area contributed by atoms with E-state index < -0.39 is 28.9 Å². The van der Waals surface area contributed by atoms with Crippen LogP contribution in [0, 0.1) is 17.0 Å². The lowest BCUT2D eigenvalue weighted by Gasteiger charge is -2.27. The maximum atomic E-state index is 15.5. The van der Waals surface area contributed by atoms with Crippen molar-refractivity contribution in [2.45, 2.75) is 12.8 Å². The second kappa shape index (κ2) is 9.82. The summed E-state index contributed by atoms with van der Waals surface area (Å²) in [6.07, 6.45) is 1.95. The molecule has 1 aliphatic heterocycles. The first-order valence-corrected chi connectivity index (χ1v) is 13.1. The number of nitrogens with one attached hydrogen (secondary N) is 1. The van der Waals surface area contributed by atoms with Gasteiger partial charge in [0.15, 0.2) is 16.6 Å². The highest BCUT2D eigenvalue weighted by atomic mass is 32.1. The Morgan fingerprint density at radius 1 is 1.05 bits per heavy atom. The summed E-state index contributed by atoms with van der Waals surface area (Å²) >= 11 is 1.40. The molecule has 0 atom stereocenters. The van der Waals surface area contributed by atoms with Gasteiger partial charge in [-0.2, -0.15) is 4.98 Å². The van der Waals surface area contributed by atoms with Crippen LogP contribution in [0.2, 0.25) is 0 Å². The molecule has 2 fully saturated rings. The number of carbonyl (C=O) groups excluding carboxylic acids is 2. The summed E-state index contributed by atoms with van der Waals surface area (Å²) in [6, 6.07) is 9.33. The third kappa shape index (κ3) is 4.63. The van der Waals surface area contributed by atoms with Crippen LogP contribution >= 0.6 is 11.3 Å². The molecule has 10 nitrogen and oxygen atoms in total. The molecular weight excluding hydrogens is 528 g/mol. The van der Waals surface area contributed by atoms with Crippen LogP contribution in [-0.2, 0) is 14.3 Å². The van der Waals surface area contributed by atoms with Crippen LogP contribution < -0.4 is 20.9 Å². The first-order chi connectivity index (χ1) is 18.9. The number of primary amides is 1. The van der Waals surface area contributed by atoms with E-state index in [9.17, 15) is 14.0 Å². The molecule has 3 N–H and O–H groups in total. The number of anilines is 5. The Balaban J connectivity index is 1.32. The van der Waals surface area contributed by atoms with Crippen molar-refractivity contribution in [1.29, 1.82) is 0 Å². The van der Waals surface area contributed by atoms with Gasteiger partial charge in [0.05, 0.1) is 24.6 Å². The zero-order valence-corrected chi connectivity index (χ0v) is 21.4. The predicted octanol–water partition coefficient (Wildman–Crippen LogP) is 3.87. The monoisotopic (exact) mass is 551 g/mol. The third-order valence-electron chi connectivity index (χ3n) is 6.84. The molecule has 2 aromatic heterocycles. The molecule has 0 bridgehead atoms. The highest BCUT2D eigenvalue weighted by molar-refractivity contribution is 7.22. The van der Waals surface area contributed by atoms with E-state index in [0.29, 0.717) is 55.3 Å². The molecule has 4 aromatic rings. The molecule has 13 heteroatoms. The van der Waals surface area contributed by atoms with Crippen LogP contribution in [0.1, 0.15) is 12.8 Å². The van der Waals surface area contributed by atoms with E-state index in [4.69, 9.17) is 10.5 Å². The summed E-state index contributed by atoms with van der Waals surface area (Å²) in [5, 5.41) is 3.79. The second-order valence-electron chi connectivity index (χ2n) is 9.32. The van der Waals surface area contributed by atoms with Gasteiger partial charge in [-0.05, 0) is 49.2 Å². The van der Waals surface area contributed by atoms with Crippen molar-refractivity contribution in [3.05, 3.63) is 60.4 Å². The number of rotatable bonds is 7. The SMILES string of the molecule is NC(=O)C1(C(=O)N(c2ccc(F)cc2)c2ccc(Nc3ncnc4nc(N5CCOCC5)sc34)c(F)c2)CC1. The number of halogens is 2. The van der Waals surface area contributed by atoms with Gasteiger partial charge in [-0.25, -0.2) is 18.7 Å². The average molecular weight is 552 g/mol. The second-order valence-corrected chi connectivity index (χ2v) is 10.3. The lowest BCUT2D eigenvalue weighted by atomic mass is 10.0. The highest BCUT2D eigenvalue weighted by Gasteiger charge is 2.57. The largest absolute Gasteiger partial charge is 0.378 e. The molecule has 1 saturated heterocycles. The maximum absolute atomic E-state index is 15.5. The minimum Gasteiger partial charge on any atom is -0.378 e. The van der Waals surface area contributed by atoms with Gasteiger partial charge >= 0.3 is 0 Å². The molecule has 39 heavy (non-hydrogen) atoms. The van der Waals surface area contributed by atoms with Crippen LogP contribution in [0.15, 0.2) is 48.8 Å². The van der Waals surface area contributed by atoms with Gasteiger partial charge in [0, 0.05) is 24.8 Å². The highest BCUT2D eigenvalue weighted by Crippen LogP contribution is 2.49. The van der Waals surface area contributed by atoms with Crippen molar-refractivity contribution in [3.8, 4) is 0 Å². The molecule has 1 aliphatic carbocycles. The lowest BCUT2D eigenvalue weighted by Crippen LogP contribution is -2.41. The van der Waals surface area contributed by atoms with E-state index in [1.165, 1.54) is 65.0 Å². The molecule has 2 amide bonds. The Morgan fingerprint density at radius 3 is 2.44 bits per heavy atom. The van der Waals surface area contributed by atoms with Gasteiger partial charge in [0.25, 0.3) is 0 Å². The Bertz CT molecular complexity index is 1570. The van der Waals surface area contributed by atoms with Gasteiger partial charge in [0.2, 0.25) is 11.8 Å². The van der Waals surface area contributed by atoms with Gasteiger partial charge in [-0.15, -0.1) is 0 Å². The molecule has 3 heterocycles. The molecule has 6 rings (SSSR count). The zero-order chi connectivity index (χ0) is 27.1. The van der Waals surface area contributed by atoms with E-state index in [0.717, 1.165) is 5.13 Å². The Labute approximate surface area is 225 Å². The minimum absolute atomic E-state index is 0.114. The summed E-state index contributed by atoms with van der Waals surface area (Å²) in [6.45, 7) is 2.66. The summed E-state index contributed by atoms with van der Waals surface area (Å²) < 4.78 is 35.2. The van der Waals surface area contributed by atoms with E-state index >= 15 is 4.39 Å². The first kappa shape index (κ1) is 25.1. The third-order valence-corrected chi connectivity index (χ3v) is 7.96. The van der Waals surface area contributed by atoms with Crippen LogP contribution in [0.25, 0.3) is 10.3 Å². The first-order valence-electron chi connectivity index (χ1n) is 12.3. The molecule has 0 radical (unpaired) electrons. The van der Waals surface area contributed by atoms with Gasteiger partial charge in [0.1, 0.15) is 28.1 Å². The number of ether oxygens (including phenoxy) is 1. The number of hydrogen-bond acceptors (Lipinski definition) is 9. The summed E-state index contributed by atoms with van der Waals surface area (Å²) in [5.74, 6) is -2.10. The fourth-order valence-corrected chi connectivity index (χ4v) is 5.49. The van der Waals surface area contributed by atoms with Crippen LogP contribution in [0.3, 0.4) is 0 Å². The summed E-state index contributed by atoms with van der Waals surface area (Å²) in [5.41, 5.74) is 5.23. The number of hydrogen-bond donors (Lipinski definition) is 2. The van der Waals surface area contributed by atoms with Crippen molar-refractivity contribution >= 4 is 61.5 Å². The topological polar surface area (TPSA) is 127 Å². The normalized spacial score (nSPS) is 16.2. The molecule has 2 aliphatic rings. The standard InChI is InChI=1S/C26H23F2N7O3S/c27-15-1-3-16(4-2-15)35(24(37)26(7-8-26)23(29)36)17-5-6-19(18(28)13-17)32-21-20-22(31-14-30-21)33-25(39-20)34-9-11-38-12-10-34/h1-6,13-14H,7-12H2,(H2,29,36)(H,30,31,32). The summed E-state index contributed by atoms with van der Waals surface area (Å²) in [4.78, 5) is 42.0. The maximum Gasteiger partial charge on any atom is 0.247 e. The number of amides is 2. The number of nitrogens with two attached hydrogens (primary N) is 1. The van der Waals surface area contributed by atoms with E-state index in [1.54, 1.807) is 0 Å². The number of fused-ring (bicyclic) bond motifs is 1. The number of aromatic nitrogens is 3. The smallest absolute Gasteiger partial charge is 0.247 e. The van der Waals surface area contributed by atoms with Gasteiger partial charge < -0.3 is 20.7 Å². The average Bonchev–Trinajstić information content (AvgIpc) is 3.65.